The van der Waals surface area contributed by atoms with Gasteiger partial charge in [0.2, 0.25) is 0 Å². The minimum Gasteiger partial charge on any atom is -0.444 e. The van der Waals surface area contributed by atoms with Crippen LogP contribution >= 0.6 is 11.6 Å². The van der Waals surface area contributed by atoms with E-state index >= 15 is 0 Å². The highest BCUT2D eigenvalue weighted by Crippen LogP contribution is 2.26. The van der Waals surface area contributed by atoms with E-state index in [1.165, 1.54) is 4.90 Å². The summed E-state index contributed by atoms with van der Waals surface area (Å²) in [4.78, 5) is 13.9. The number of aliphatic hydroxyl groups excluding tert-OH is 1. The van der Waals surface area contributed by atoms with Gasteiger partial charge in [0.15, 0.2) is 0 Å². The summed E-state index contributed by atoms with van der Waals surface area (Å²) in [6, 6.07) is 6.47. The van der Waals surface area contributed by atoms with Crippen LogP contribution in [0.5, 0.6) is 0 Å². The molecule has 0 saturated carbocycles. The van der Waals surface area contributed by atoms with E-state index in [2.05, 4.69) is 0 Å². The second-order valence-corrected chi connectivity index (χ2v) is 6.75. The molecule has 1 N–H and O–H groups in total. The molecule has 5 nitrogen and oxygen atoms in total. The van der Waals surface area contributed by atoms with Gasteiger partial charge in [0.05, 0.1) is 19.3 Å². The minimum atomic E-state index is -0.883. The van der Waals surface area contributed by atoms with Gasteiger partial charge in [-0.15, -0.1) is 0 Å². The van der Waals surface area contributed by atoms with Gasteiger partial charge >= 0.3 is 6.09 Å². The van der Waals surface area contributed by atoms with E-state index in [-0.39, 0.29) is 6.61 Å². The monoisotopic (exact) mass is 327 g/mol. The molecule has 1 aliphatic heterocycles. The molecule has 1 fully saturated rings. The number of aliphatic hydroxyl groups is 1. The van der Waals surface area contributed by atoms with E-state index < -0.39 is 23.8 Å². The van der Waals surface area contributed by atoms with Crippen molar-refractivity contribution in [3.05, 3.63) is 34.9 Å². The molecule has 22 heavy (non-hydrogen) atoms. The molecule has 122 valence electrons. The Balaban J connectivity index is 2.17. The highest BCUT2D eigenvalue weighted by molar-refractivity contribution is 6.30. The van der Waals surface area contributed by atoms with Crippen molar-refractivity contribution in [2.45, 2.75) is 38.5 Å². The summed E-state index contributed by atoms with van der Waals surface area (Å²) in [5.74, 6) is 0. The third kappa shape index (κ3) is 4.35. The van der Waals surface area contributed by atoms with Gasteiger partial charge in [-0.1, -0.05) is 23.7 Å². The number of amides is 1. The molecule has 0 radical (unpaired) electrons. The number of hydrogen-bond donors (Lipinski definition) is 1. The Morgan fingerprint density at radius 1 is 1.50 bits per heavy atom. The van der Waals surface area contributed by atoms with Gasteiger partial charge in [-0.05, 0) is 38.5 Å². The Labute approximate surface area is 135 Å². The lowest BCUT2D eigenvalue weighted by molar-refractivity contribution is -0.0672. The smallest absolute Gasteiger partial charge is 0.410 e. The van der Waals surface area contributed by atoms with Crippen molar-refractivity contribution < 1.29 is 19.4 Å². The van der Waals surface area contributed by atoms with Gasteiger partial charge in [-0.25, -0.2) is 4.79 Å². The molecule has 6 heteroatoms. The predicted octanol–water partition coefficient (Wildman–Crippen LogP) is 3.01. The summed E-state index contributed by atoms with van der Waals surface area (Å²) in [5, 5.41) is 11.1. The summed E-state index contributed by atoms with van der Waals surface area (Å²) in [7, 11) is 0. The number of ether oxygens (including phenoxy) is 2. The van der Waals surface area contributed by atoms with E-state index in [0.29, 0.717) is 23.7 Å². The van der Waals surface area contributed by atoms with E-state index in [9.17, 15) is 9.90 Å². The zero-order valence-electron chi connectivity index (χ0n) is 13.1. The van der Waals surface area contributed by atoms with Crippen LogP contribution in [0.15, 0.2) is 24.3 Å². The van der Waals surface area contributed by atoms with Gasteiger partial charge in [-0.2, -0.15) is 0 Å². The minimum absolute atomic E-state index is 0.257. The van der Waals surface area contributed by atoms with Crippen molar-refractivity contribution >= 4 is 17.7 Å². The van der Waals surface area contributed by atoms with E-state index in [1.54, 1.807) is 24.3 Å². The van der Waals surface area contributed by atoms with E-state index in [4.69, 9.17) is 21.1 Å². The number of halogens is 1. The van der Waals surface area contributed by atoms with Crippen LogP contribution in [-0.4, -0.2) is 47.5 Å². The number of morpholine rings is 1. The SMILES string of the molecule is CC(C)(C)OC(=O)N1CCOCC1C(O)c1cccc(Cl)c1. The van der Waals surface area contributed by atoms with Gasteiger partial charge in [0, 0.05) is 11.6 Å². The normalized spacial score (nSPS) is 20.6. The highest BCUT2D eigenvalue weighted by atomic mass is 35.5. The van der Waals surface area contributed by atoms with Crippen LogP contribution in [0, 0.1) is 0 Å². The Bertz CT molecular complexity index is 529. The van der Waals surface area contributed by atoms with Crippen molar-refractivity contribution in [1.29, 1.82) is 0 Å². The van der Waals surface area contributed by atoms with Crippen LogP contribution in [0.25, 0.3) is 0 Å². The first-order chi connectivity index (χ1) is 10.3. The van der Waals surface area contributed by atoms with Crippen LogP contribution in [0.3, 0.4) is 0 Å². The number of carbonyl (C=O) groups excluding carboxylic acids is 1. The number of rotatable bonds is 2. The Hall–Kier alpha value is -1.30. The molecule has 1 aliphatic rings. The van der Waals surface area contributed by atoms with Crippen LogP contribution in [0.2, 0.25) is 5.02 Å². The van der Waals surface area contributed by atoms with Gasteiger partial charge in [-0.3, -0.25) is 4.90 Å². The maximum Gasteiger partial charge on any atom is 0.410 e. The Morgan fingerprint density at radius 3 is 2.86 bits per heavy atom. The first-order valence-corrected chi connectivity index (χ1v) is 7.66. The third-order valence-electron chi connectivity index (χ3n) is 3.35. The van der Waals surface area contributed by atoms with Gasteiger partial charge < -0.3 is 14.6 Å². The van der Waals surface area contributed by atoms with Crippen LogP contribution in [-0.2, 0) is 9.47 Å². The topological polar surface area (TPSA) is 59.0 Å². The first-order valence-electron chi connectivity index (χ1n) is 7.29. The number of nitrogens with zero attached hydrogens (tertiary/aromatic N) is 1. The summed E-state index contributed by atoms with van der Waals surface area (Å²) < 4.78 is 10.8. The highest BCUT2D eigenvalue weighted by Gasteiger charge is 2.36. The average Bonchev–Trinajstić information content (AvgIpc) is 2.44. The van der Waals surface area contributed by atoms with Crippen LogP contribution in [0.4, 0.5) is 4.79 Å². The van der Waals surface area contributed by atoms with Gasteiger partial charge in [0.25, 0.3) is 0 Å². The van der Waals surface area contributed by atoms with Crippen molar-refractivity contribution in [3.8, 4) is 0 Å². The summed E-state index contributed by atoms with van der Waals surface area (Å²) >= 11 is 5.97. The molecule has 1 amide bonds. The fourth-order valence-corrected chi connectivity index (χ4v) is 2.54. The standard InChI is InChI=1S/C16H22ClNO4/c1-16(2,3)22-15(20)18-7-8-21-10-13(18)14(19)11-5-4-6-12(17)9-11/h4-6,9,13-14,19H,7-8,10H2,1-3H3. The second-order valence-electron chi connectivity index (χ2n) is 6.32. The largest absolute Gasteiger partial charge is 0.444 e. The van der Waals surface area contributed by atoms with Crippen LogP contribution in [0.1, 0.15) is 32.4 Å². The molecule has 0 spiro atoms. The van der Waals surface area contributed by atoms with Crippen molar-refractivity contribution in [1.82, 2.24) is 4.90 Å². The first kappa shape index (κ1) is 17.1. The third-order valence-corrected chi connectivity index (χ3v) is 3.58. The quantitative estimate of drug-likeness (QED) is 0.907. The van der Waals surface area contributed by atoms with Gasteiger partial charge in [0.1, 0.15) is 11.7 Å². The fourth-order valence-electron chi connectivity index (χ4n) is 2.34. The van der Waals surface area contributed by atoms with Crippen molar-refractivity contribution in [2.75, 3.05) is 19.8 Å². The number of hydrogen-bond acceptors (Lipinski definition) is 4. The molecule has 1 aromatic carbocycles. The van der Waals surface area contributed by atoms with Crippen LogP contribution < -0.4 is 0 Å². The second kappa shape index (κ2) is 6.86. The maximum atomic E-state index is 12.3. The lowest BCUT2D eigenvalue weighted by atomic mass is 10.0. The molecule has 2 rings (SSSR count). The molecule has 2 unspecified atom stereocenters. The van der Waals surface area contributed by atoms with Crippen molar-refractivity contribution in [2.24, 2.45) is 0 Å². The predicted molar refractivity (Wildman–Crippen MR) is 84.0 cm³/mol. The maximum absolute atomic E-state index is 12.3. The average molecular weight is 328 g/mol. The zero-order valence-corrected chi connectivity index (χ0v) is 13.8. The number of benzene rings is 1. The fraction of sp³-hybridized carbons (Fsp3) is 0.562. The molecular formula is C16H22ClNO4. The molecule has 2 atom stereocenters. The Kier molecular flexibility index (Phi) is 5.32. The van der Waals surface area contributed by atoms with E-state index in [0.717, 1.165) is 0 Å². The number of carbonyl (C=O) groups is 1. The molecule has 1 saturated heterocycles. The molecule has 1 aromatic rings. The zero-order chi connectivity index (χ0) is 16.3. The molecule has 0 aliphatic carbocycles. The molecular weight excluding hydrogens is 306 g/mol. The molecule has 0 aromatic heterocycles. The summed E-state index contributed by atoms with van der Waals surface area (Å²) in [6.45, 7) is 6.51. The molecule has 0 bridgehead atoms. The lowest BCUT2D eigenvalue weighted by Crippen LogP contribution is -2.52. The summed E-state index contributed by atoms with van der Waals surface area (Å²) in [6.07, 6.45) is -1.33. The Morgan fingerprint density at radius 2 is 2.23 bits per heavy atom. The van der Waals surface area contributed by atoms with E-state index in [1.807, 2.05) is 20.8 Å². The lowest BCUT2D eigenvalue weighted by Gasteiger charge is -2.38. The summed E-state index contributed by atoms with van der Waals surface area (Å²) in [5.41, 5.74) is 0.0672. The van der Waals surface area contributed by atoms with Crippen molar-refractivity contribution in [3.63, 3.8) is 0 Å². The molecule has 1 heterocycles.